The first-order chi connectivity index (χ1) is 15.7. The summed E-state index contributed by atoms with van der Waals surface area (Å²) in [4.78, 5) is 9.48. The topological polar surface area (TPSA) is 69.9 Å². The van der Waals surface area contributed by atoms with E-state index in [2.05, 4.69) is 10.5 Å². The molecule has 0 aliphatic rings. The van der Waals surface area contributed by atoms with Crippen LogP contribution in [0.1, 0.15) is 16.1 Å². The number of para-hydroxylation sites is 1. The normalized spacial score (nSPS) is 12.1. The average Bonchev–Trinajstić information content (AvgIpc) is 3.25. The summed E-state index contributed by atoms with van der Waals surface area (Å²) < 4.78 is 1.08. The second-order valence-electron chi connectivity index (χ2n) is 7.37. The van der Waals surface area contributed by atoms with Crippen molar-refractivity contribution in [2.24, 2.45) is 10.1 Å². The van der Waals surface area contributed by atoms with Gasteiger partial charge in [-0.05, 0) is 48.0 Å². The van der Waals surface area contributed by atoms with Gasteiger partial charge < -0.3 is 5.11 Å². The third-order valence-corrected chi connectivity index (χ3v) is 6.13. The molecule has 6 heteroatoms. The van der Waals surface area contributed by atoms with Gasteiger partial charge in [0.25, 0.3) is 0 Å². The SMILES string of the molecule is Cc1ccc(N=C(N/N=C/c2c(O)ccc3ccccc23)c2nc3ccccc3s2)cc1. The molecule has 1 aromatic heterocycles. The predicted molar refractivity (Wildman–Crippen MR) is 133 cm³/mol. The van der Waals surface area contributed by atoms with Crippen LogP contribution in [0.4, 0.5) is 5.69 Å². The van der Waals surface area contributed by atoms with Crippen molar-refractivity contribution in [1.82, 2.24) is 10.4 Å². The summed E-state index contributed by atoms with van der Waals surface area (Å²) in [6.07, 6.45) is 1.62. The fourth-order valence-electron chi connectivity index (χ4n) is 3.42. The Bertz CT molecular complexity index is 1440. The van der Waals surface area contributed by atoms with Crippen LogP contribution in [0, 0.1) is 6.92 Å². The Morgan fingerprint density at radius 3 is 2.56 bits per heavy atom. The van der Waals surface area contributed by atoms with Gasteiger partial charge in [0.15, 0.2) is 10.8 Å². The van der Waals surface area contributed by atoms with Crippen molar-refractivity contribution < 1.29 is 5.11 Å². The molecule has 0 saturated carbocycles. The van der Waals surface area contributed by atoms with Crippen LogP contribution in [0.3, 0.4) is 0 Å². The molecule has 0 amide bonds. The first-order valence-electron chi connectivity index (χ1n) is 10.2. The monoisotopic (exact) mass is 436 g/mol. The highest BCUT2D eigenvalue weighted by Gasteiger charge is 2.11. The zero-order valence-electron chi connectivity index (χ0n) is 17.4. The molecular formula is C26H20N4OS. The van der Waals surface area contributed by atoms with Gasteiger partial charge in [-0.25, -0.2) is 9.98 Å². The first kappa shape index (κ1) is 19.9. The maximum atomic E-state index is 10.4. The molecule has 0 saturated heterocycles. The zero-order chi connectivity index (χ0) is 21.9. The van der Waals surface area contributed by atoms with Gasteiger partial charge >= 0.3 is 0 Å². The van der Waals surface area contributed by atoms with Crippen molar-refractivity contribution in [3.63, 3.8) is 0 Å². The second-order valence-corrected chi connectivity index (χ2v) is 8.40. The summed E-state index contributed by atoms with van der Waals surface area (Å²) in [5, 5.41) is 17.5. The molecule has 0 atom stereocenters. The number of hydrogen-bond acceptors (Lipinski definition) is 5. The molecule has 5 rings (SSSR count). The quantitative estimate of drug-likeness (QED) is 0.201. The summed E-state index contributed by atoms with van der Waals surface area (Å²) >= 11 is 1.55. The number of nitrogens with zero attached hydrogens (tertiary/aromatic N) is 3. The number of thiazole rings is 1. The lowest BCUT2D eigenvalue weighted by Gasteiger charge is -2.06. The summed E-state index contributed by atoms with van der Waals surface area (Å²) in [5.41, 5.74) is 6.60. The summed E-state index contributed by atoms with van der Waals surface area (Å²) in [5.74, 6) is 0.720. The van der Waals surface area contributed by atoms with Crippen LogP contribution in [-0.2, 0) is 0 Å². The molecule has 32 heavy (non-hydrogen) atoms. The van der Waals surface area contributed by atoms with Crippen LogP contribution in [0.15, 0.2) is 95.0 Å². The molecule has 156 valence electrons. The van der Waals surface area contributed by atoms with E-state index in [0.29, 0.717) is 11.4 Å². The van der Waals surface area contributed by atoms with E-state index in [1.165, 1.54) is 5.56 Å². The Morgan fingerprint density at radius 2 is 1.72 bits per heavy atom. The fourth-order valence-corrected chi connectivity index (χ4v) is 4.33. The minimum Gasteiger partial charge on any atom is -0.507 e. The van der Waals surface area contributed by atoms with Crippen molar-refractivity contribution in [1.29, 1.82) is 0 Å². The average molecular weight is 437 g/mol. The maximum Gasteiger partial charge on any atom is 0.183 e. The van der Waals surface area contributed by atoms with E-state index in [1.54, 1.807) is 23.6 Å². The van der Waals surface area contributed by atoms with Gasteiger partial charge in [-0.3, -0.25) is 5.43 Å². The highest BCUT2D eigenvalue weighted by atomic mass is 32.1. The number of amidine groups is 1. The van der Waals surface area contributed by atoms with Gasteiger partial charge in [0.1, 0.15) is 5.75 Å². The number of fused-ring (bicyclic) bond motifs is 2. The number of hydrazone groups is 1. The minimum absolute atomic E-state index is 0.172. The number of aryl methyl sites for hydroxylation is 1. The fraction of sp³-hybridized carbons (Fsp3) is 0.0385. The van der Waals surface area contributed by atoms with Gasteiger partial charge in [-0.1, -0.05) is 60.2 Å². The lowest BCUT2D eigenvalue weighted by Crippen LogP contribution is -2.18. The van der Waals surface area contributed by atoms with Crippen molar-refractivity contribution in [2.75, 3.05) is 0 Å². The molecule has 0 radical (unpaired) electrons. The largest absolute Gasteiger partial charge is 0.507 e. The summed E-state index contributed by atoms with van der Waals surface area (Å²) in [7, 11) is 0. The van der Waals surface area contributed by atoms with Gasteiger partial charge in [-0.2, -0.15) is 5.10 Å². The van der Waals surface area contributed by atoms with Crippen molar-refractivity contribution in [2.45, 2.75) is 6.92 Å². The Kier molecular flexibility index (Phi) is 5.35. The van der Waals surface area contributed by atoms with Crippen LogP contribution in [0.5, 0.6) is 5.75 Å². The van der Waals surface area contributed by atoms with E-state index in [-0.39, 0.29) is 5.75 Å². The van der Waals surface area contributed by atoms with Gasteiger partial charge in [0, 0.05) is 5.56 Å². The second kappa shape index (κ2) is 8.61. The molecule has 0 bridgehead atoms. The van der Waals surface area contributed by atoms with Crippen LogP contribution < -0.4 is 5.43 Å². The molecular weight excluding hydrogens is 416 g/mol. The smallest absolute Gasteiger partial charge is 0.183 e. The third-order valence-electron chi connectivity index (χ3n) is 5.08. The highest BCUT2D eigenvalue weighted by Crippen LogP contribution is 2.26. The van der Waals surface area contributed by atoms with E-state index >= 15 is 0 Å². The van der Waals surface area contributed by atoms with Crippen LogP contribution >= 0.6 is 11.3 Å². The Hall–Kier alpha value is -4.03. The number of nitrogens with one attached hydrogen (secondary N) is 1. The Morgan fingerprint density at radius 1 is 0.938 bits per heavy atom. The lowest BCUT2D eigenvalue weighted by molar-refractivity contribution is 0.475. The van der Waals surface area contributed by atoms with Crippen molar-refractivity contribution in [3.8, 4) is 5.75 Å². The molecule has 5 nitrogen and oxygen atoms in total. The standard InChI is InChI=1S/C26H20N4OS/c1-17-10-13-19(14-11-17)28-25(26-29-22-8-4-5-9-24(22)32-26)30-27-16-21-20-7-3-2-6-18(20)12-15-23(21)31/h2-16,31H,1H3,(H,28,30)/b27-16+. The lowest BCUT2D eigenvalue weighted by atomic mass is 10.0. The predicted octanol–water partition coefficient (Wildman–Crippen LogP) is 6.17. The molecule has 0 unspecified atom stereocenters. The van der Waals surface area contributed by atoms with Crippen LogP contribution in [-0.4, -0.2) is 22.1 Å². The number of benzene rings is 4. The van der Waals surface area contributed by atoms with Gasteiger partial charge in [0.05, 0.1) is 22.1 Å². The zero-order valence-corrected chi connectivity index (χ0v) is 18.2. The number of aromatic hydroxyl groups is 1. The highest BCUT2D eigenvalue weighted by molar-refractivity contribution is 7.20. The number of phenols is 1. The van der Waals surface area contributed by atoms with E-state index in [4.69, 9.17) is 9.98 Å². The number of hydrogen-bond donors (Lipinski definition) is 2. The first-order valence-corrected chi connectivity index (χ1v) is 11.0. The minimum atomic E-state index is 0.172. The molecule has 4 aromatic carbocycles. The van der Waals surface area contributed by atoms with Crippen LogP contribution in [0.2, 0.25) is 0 Å². The van der Waals surface area contributed by atoms with Gasteiger partial charge in [-0.15, -0.1) is 11.3 Å². The van der Waals surface area contributed by atoms with E-state index < -0.39 is 0 Å². The van der Waals surface area contributed by atoms with Crippen molar-refractivity contribution >= 4 is 50.1 Å². The Labute approximate surface area is 189 Å². The summed E-state index contributed by atoms with van der Waals surface area (Å²) in [6.45, 7) is 2.04. The molecule has 0 aliphatic carbocycles. The number of rotatable bonds is 4. The molecule has 0 spiro atoms. The molecule has 0 fully saturated rings. The van der Waals surface area contributed by atoms with E-state index in [9.17, 15) is 5.11 Å². The Balaban J connectivity index is 1.53. The molecule has 2 N–H and O–H groups in total. The third kappa shape index (κ3) is 4.08. The van der Waals surface area contributed by atoms with E-state index in [1.807, 2.05) is 85.8 Å². The van der Waals surface area contributed by atoms with Crippen LogP contribution in [0.25, 0.3) is 21.0 Å². The van der Waals surface area contributed by atoms with Gasteiger partial charge in [0.2, 0.25) is 0 Å². The number of aliphatic imine (C=N–C) groups is 1. The maximum absolute atomic E-state index is 10.4. The summed E-state index contributed by atoms with van der Waals surface area (Å²) in [6, 6.07) is 27.4. The number of aromatic nitrogens is 1. The molecule has 1 heterocycles. The number of phenolic OH excluding ortho intramolecular Hbond substituents is 1. The van der Waals surface area contributed by atoms with E-state index in [0.717, 1.165) is 31.7 Å². The molecule has 0 aliphatic heterocycles. The van der Waals surface area contributed by atoms with Crippen molar-refractivity contribution in [3.05, 3.63) is 101 Å². The molecule has 5 aromatic rings.